The number of ketones is 1. The van der Waals surface area contributed by atoms with Gasteiger partial charge >= 0.3 is 0 Å². The molecule has 0 radical (unpaired) electrons. The van der Waals surface area contributed by atoms with Gasteiger partial charge in [0.25, 0.3) is 0 Å². The topological polar surface area (TPSA) is 63.2 Å². The molecule has 6 nitrogen and oxygen atoms in total. The van der Waals surface area contributed by atoms with E-state index in [1.807, 2.05) is 115 Å². The highest BCUT2D eigenvalue weighted by molar-refractivity contribution is 7.98. The first-order valence-corrected chi connectivity index (χ1v) is 15.8. The van der Waals surface area contributed by atoms with Crippen LogP contribution in [-0.4, -0.2) is 27.1 Å². The highest BCUT2D eigenvalue weighted by Gasteiger charge is 2.22. The fraction of sp³-hybridized carbons (Fsp3) is 0.154. The number of carbonyl (C=O) groups is 1. The van der Waals surface area contributed by atoms with Crippen molar-refractivity contribution in [3.05, 3.63) is 149 Å². The average molecular weight is 633 g/mol. The van der Waals surface area contributed by atoms with Crippen LogP contribution in [0.3, 0.4) is 0 Å². The summed E-state index contributed by atoms with van der Waals surface area (Å²) >= 11 is 1.54. The van der Waals surface area contributed by atoms with Crippen LogP contribution < -0.4 is 23.7 Å². The van der Waals surface area contributed by atoms with Gasteiger partial charge < -0.3 is 23.7 Å². The fourth-order valence-corrected chi connectivity index (χ4v) is 5.83. The molecule has 5 aromatic rings. The summed E-state index contributed by atoms with van der Waals surface area (Å²) < 4.78 is 28.9. The summed E-state index contributed by atoms with van der Waals surface area (Å²) in [6.07, 6.45) is 3.32. The molecule has 0 fully saturated rings. The number of carbonyl (C=O) groups excluding carboxylic acids is 1. The quantitative estimate of drug-likeness (QED) is 0.0648. The first kappa shape index (κ1) is 32.3. The van der Waals surface area contributed by atoms with Gasteiger partial charge in [-0.2, -0.15) is 0 Å². The third-order valence-electron chi connectivity index (χ3n) is 7.18. The first-order chi connectivity index (χ1) is 22.6. The summed E-state index contributed by atoms with van der Waals surface area (Å²) in [5, 5.41) is 0. The van der Waals surface area contributed by atoms with Crippen LogP contribution in [0.5, 0.6) is 28.7 Å². The molecule has 0 atom stereocenters. The Kier molecular flexibility index (Phi) is 11.4. The maximum Gasteiger partial charge on any atom is 0.190 e. The van der Waals surface area contributed by atoms with Crippen LogP contribution in [0, 0.1) is 0 Å². The summed E-state index contributed by atoms with van der Waals surface area (Å²) in [7, 11) is 4.82. The Labute approximate surface area is 274 Å². The predicted octanol–water partition coefficient (Wildman–Crippen LogP) is 9.06. The Bertz CT molecular complexity index is 1750. The minimum Gasteiger partial charge on any atom is -0.497 e. The molecule has 0 unspecified atom stereocenters. The van der Waals surface area contributed by atoms with Crippen LogP contribution in [0.15, 0.2) is 126 Å². The molecule has 0 aliphatic rings. The van der Waals surface area contributed by atoms with E-state index in [0.717, 1.165) is 28.0 Å². The lowest BCUT2D eigenvalue weighted by atomic mass is 10.1. The molecule has 0 aliphatic carbocycles. The van der Waals surface area contributed by atoms with Crippen molar-refractivity contribution in [1.29, 1.82) is 0 Å². The van der Waals surface area contributed by atoms with Crippen molar-refractivity contribution in [2.45, 2.75) is 23.9 Å². The Hall–Kier alpha value is -5.14. The smallest absolute Gasteiger partial charge is 0.190 e. The zero-order valence-corrected chi connectivity index (χ0v) is 26.9. The average Bonchev–Trinajstić information content (AvgIpc) is 3.12. The first-order valence-electron chi connectivity index (χ1n) is 14.8. The van der Waals surface area contributed by atoms with Crippen molar-refractivity contribution in [3.8, 4) is 28.7 Å². The number of thioether (sulfide) groups is 1. The van der Waals surface area contributed by atoms with Crippen molar-refractivity contribution >= 4 is 23.6 Å². The normalized spacial score (nSPS) is 10.8. The number of hydrogen-bond donors (Lipinski definition) is 0. The monoisotopic (exact) mass is 632 g/mol. The minimum atomic E-state index is -0.208. The molecule has 234 valence electrons. The second-order valence-electron chi connectivity index (χ2n) is 10.3. The standard InChI is InChI=1S/C39H36O6S/c1-41-32-18-14-31(15-19-32)27-46-39-36(45-26-30-12-8-5-9-13-30)23-22-35(44-25-29-10-6-4-7-11-29)38(39)33(40)20-16-28-17-21-34(42-2)37(24-28)43-3/h4-24H,25-27H2,1-3H3. The summed E-state index contributed by atoms with van der Waals surface area (Å²) in [6, 6.07) is 36.9. The number of hydrogen-bond acceptors (Lipinski definition) is 7. The van der Waals surface area contributed by atoms with Crippen LogP contribution >= 0.6 is 11.8 Å². The van der Waals surface area contributed by atoms with Gasteiger partial charge in [-0.25, -0.2) is 0 Å². The number of methoxy groups -OCH3 is 3. The third-order valence-corrected chi connectivity index (χ3v) is 8.35. The summed E-state index contributed by atoms with van der Waals surface area (Å²) in [5.41, 5.74) is 4.34. The van der Waals surface area contributed by atoms with Gasteiger partial charge in [-0.15, -0.1) is 11.8 Å². The molecule has 0 aromatic heterocycles. The Balaban J connectivity index is 1.53. The highest BCUT2D eigenvalue weighted by Crippen LogP contribution is 2.41. The lowest BCUT2D eigenvalue weighted by Gasteiger charge is -2.18. The summed E-state index contributed by atoms with van der Waals surface area (Å²) in [4.78, 5) is 14.9. The lowest BCUT2D eigenvalue weighted by molar-refractivity contribution is 0.103. The van der Waals surface area contributed by atoms with E-state index >= 15 is 0 Å². The summed E-state index contributed by atoms with van der Waals surface area (Å²) in [6.45, 7) is 0.670. The molecule has 0 N–H and O–H groups in total. The fourth-order valence-electron chi connectivity index (χ4n) is 4.72. The maximum absolute atomic E-state index is 14.2. The lowest BCUT2D eigenvalue weighted by Crippen LogP contribution is -2.07. The highest BCUT2D eigenvalue weighted by atomic mass is 32.2. The van der Waals surface area contributed by atoms with E-state index in [4.69, 9.17) is 23.7 Å². The van der Waals surface area contributed by atoms with Gasteiger partial charge in [0.15, 0.2) is 17.3 Å². The van der Waals surface area contributed by atoms with E-state index in [2.05, 4.69) is 0 Å². The van der Waals surface area contributed by atoms with E-state index in [9.17, 15) is 4.79 Å². The van der Waals surface area contributed by atoms with Crippen LogP contribution in [0.2, 0.25) is 0 Å². The predicted molar refractivity (Wildman–Crippen MR) is 183 cm³/mol. The van der Waals surface area contributed by atoms with Gasteiger partial charge in [-0.3, -0.25) is 4.79 Å². The zero-order valence-electron chi connectivity index (χ0n) is 26.1. The van der Waals surface area contributed by atoms with E-state index in [-0.39, 0.29) is 5.78 Å². The molecular weight excluding hydrogens is 596 g/mol. The molecule has 0 bridgehead atoms. The molecule has 0 heterocycles. The Morgan fingerprint density at radius 2 is 1.20 bits per heavy atom. The zero-order chi connectivity index (χ0) is 32.1. The minimum absolute atomic E-state index is 0.208. The number of rotatable bonds is 15. The van der Waals surface area contributed by atoms with Crippen molar-refractivity contribution in [2.75, 3.05) is 21.3 Å². The summed E-state index contributed by atoms with van der Waals surface area (Å²) in [5.74, 6) is 3.47. The number of allylic oxidation sites excluding steroid dienone is 1. The van der Waals surface area contributed by atoms with Gasteiger partial charge in [0.1, 0.15) is 30.5 Å². The molecule has 5 aromatic carbocycles. The van der Waals surface area contributed by atoms with E-state index < -0.39 is 0 Å². The van der Waals surface area contributed by atoms with Gasteiger partial charge in [-0.1, -0.05) is 84.9 Å². The van der Waals surface area contributed by atoms with Crippen LogP contribution in [-0.2, 0) is 19.0 Å². The SMILES string of the molecule is COc1ccc(CSc2c(OCc3ccccc3)ccc(OCc3ccccc3)c2C(=O)C=Cc2ccc(OC)c(OC)c2)cc1. The van der Waals surface area contributed by atoms with Crippen molar-refractivity contribution in [3.63, 3.8) is 0 Å². The molecule has 46 heavy (non-hydrogen) atoms. The molecule has 0 saturated heterocycles. The largest absolute Gasteiger partial charge is 0.497 e. The Morgan fingerprint density at radius 1 is 0.609 bits per heavy atom. The molecular formula is C39H36O6S. The van der Waals surface area contributed by atoms with Gasteiger partial charge in [0, 0.05) is 5.75 Å². The molecule has 5 rings (SSSR count). The molecule has 0 amide bonds. The molecule has 0 spiro atoms. The van der Waals surface area contributed by atoms with E-state index in [1.165, 1.54) is 11.8 Å². The van der Waals surface area contributed by atoms with Crippen molar-refractivity contribution in [1.82, 2.24) is 0 Å². The number of ether oxygens (including phenoxy) is 5. The van der Waals surface area contributed by atoms with Crippen molar-refractivity contribution in [2.24, 2.45) is 0 Å². The van der Waals surface area contributed by atoms with Crippen LogP contribution in [0.4, 0.5) is 0 Å². The van der Waals surface area contributed by atoms with Gasteiger partial charge in [0.2, 0.25) is 0 Å². The van der Waals surface area contributed by atoms with E-state index in [0.29, 0.717) is 52.4 Å². The van der Waals surface area contributed by atoms with Crippen LogP contribution in [0.25, 0.3) is 6.08 Å². The van der Waals surface area contributed by atoms with E-state index in [1.54, 1.807) is 33.5 Å². The maximum atomic E-state index is 14.2. The molecule has 7 heteroatoms. The van der Waals surface area contributed by atoms with Gasteiger partial charge in [-0.05, 0) is 64.7 Å². The van der Waals surface area contributed by atoms with Crippen molar-refractivity contribution < 1.29 is 28.5 Å². The molecule has 0 saturated carbocycles. The second-order valence-corrected chi connectivity index (χ2v) is 11.2. The third kappa shape index (κ3) is 8.52. The van der Waals surface area contributed by atoms with Gasteiger partial charge in [0.05, 0.1) is 31.8 Å². The van der Waals surface area contributed by atoms with Crippen LogP contribution in [0.1, 0.15) is 32.6 Å². The number of benzene rings is 5. The molecule has 0 aliphatic heterocycles. The second kappa shape index (κ2) is 16.3. The Morgan fingerprint density at radius 3 is 1.80 bits per heavy atom.